The molecule has 22 heavy (non-hydrogen) atoms. The number of aromatic nitrogens is 1. The van der Waals surface area contributed by atoms with Crippen LogP contribution in [0, 0.1) is 0 Å². The molecule has 1 N–H and O–H groups in total. The van der Waals surface area contributed by atoms with Crippen LogP contribution in [0.25, 0.3) is 0 Å². The van der Waals surface area contributed by atoms with Gasteiger partial charge in [-0.25, -0.2) is 0 Å². The van der Waals surface area contributed by atoms with Crippen molar-refractivity contribution in [2.45, 2.75) is 24.9 Å². The number of nitrogens with zero attached hydrogens (tertiary/aromatic N) is 1. The first kappa shape index (κ1) is 15.1. The fraction of sp³-hybridized carbons (Fsp3) is 0.375. The maximum atomic E-state index is 12.3. The van der Waals surface area contributed by atoms with E-state index in [9.17, 15) is 4.79 Å². The number of hydrogen-bond donors (Lipinski definition) is 1. The van der Waals surface area contributed by atoms with E-state index in [0.29, 0.717) is 23.0 Å². The summed E-state index contributed by atoms with van der Waals surface area (Å²) in [5, 5.41) is 7.48. The second kappa shape index (κ2) is 6.50. The molecule has 6 heteroatoms. The zero-order valence-electron chi connectivity index (χ0n) is 12.2. The van der Waals surface area contributed by atoms with E-state index in [1.807, 2.05) is 12.1 Å². The van der Waals surface area contributed by atoms with Crippen molar-refractivity contribution in [3.05, 3.63) is 52.4 Å². The Labute approximate surface area is 133 Å². The van der Waals surface area contributed by atoms with E-state index in [4.69, 9.17) is 20.9 Å². The minimum atomic E-state index is -0.231. The van der Waals surface area contributed by atoms with Crippen molar-refractivity contribution in [2.24, 2.45) is 0 Å². The maximum absolute atomic E-state index is 12.3. The van der Waals surface area contributed by atoms with E-state index < -0.39 is 0 Å². The number of hydrogen-bond acceptors (Lipinski definition) is 4. The average Bonchev–Trinajstić information content (AvgIpc) is 3.26. The predicted octanol–water partition coefficient (Wildman–Crippen LogP) is 3.32. The number of methoxy groups -OCH3 is 1. The molecular formula is C16H17ClN2O3. The molecule has 2 aromatic rings. The van der Waals surface area contributed by atoms with Gasteiger partial charge in [-0.3, -0.25) is 4.79 Å². The normalized spacial score (nSPS) is 15.5. The van der Waals surface area contributed by atoms with Crippen molar-refractivity contribution in [2.75, 3.05) is 13.7 Å². The fourth-order valence-corrected chi connectivity index (χ4v) is 2.49. The number of halogens is 1. The monoisotopic (exact) mass is 320 g/mol. The average molecular weight is 321 g/mol. The largest absolute Gasteiger partial charge is 0.375 e. The van der Waals surface area contributed by atoms with Crippen molar-refractivity contribution in [3.63, 3.8) is 0 Å². The Morgan fingerprint density at radius 1 is 1.45 bits per heavy atom. The third kappa shape index (κ3) is 3.31. The molecule has 0 spiro atoms. The third-order valence-corrected chi connectivity index (χ3v) is 4.03. The van der Waals surface area contributed by atoms with Crippen LogP contribution in [0.5, 0.6) is 0 Å². The molecule has 5 nitrogen and oxygen atoms in total. The summed E-state index contributed by atoms with van der Waals surface area (Å²) in [6.07, 6.45) is 3.31. The Balaban J connectivity index is 1.63. The highest BCUT2D eigenvalue weighted by atomic mass is 35.5. The van der Waals surface area contributed by atoms with Crippen molar-refractivity contribution < 1.29 is 14.1 Å². The van der Waals surface area contributed by atoms with Gasteiger partial charge in [0.15, 0.2) is 0 Å². The Bertz CT molecular complexity index is 650. The predicted molar refractivity (Wildman–Crippen MR) is 82.0 cm³/mol. The highest BCUT2D eigenvalue weighted by molar-refractivity contribution is 6.30. The topological polar surface area (TPSA) is 64.4 Å². The number of benzene rings is 1. The van der Waals surface area contributed by atoms with Crippen molar-refractivity contribution in [1.82, 2.24) is 10.5 Å². The Morgan fingerprint density at radius 3 is 2.82 bits per heavy atom. The molecule has 1 aromatic heterocycles. The van der Waals surface area contributed by atoms with Crippen LogP contribution >= 0.6 is 11.6 Å². The van der Waals surface area contributed by atoms with Gasteiger partial charge in [0.2, 0.25) is 0 Å². The SMILES string of the molecule is COC(CNC(=O)c1conc1C1CC1)c1ccc(Cl)cc1. The molecule has 0 radical (unpaired) electrons. The molecule has 1 amide bonds. The first-order valence-electron chi connectivity index (χ1n) is 7.19. The quantitative estimate of drug-likeness (QED) is 0.886. The summed E-state index contributed by atoms with van der Waals surface area (Å²) in [4.78, 5) is 12.3. The lowest BCUT2D eigenvalue weighted by Crippen LogP contribution is -2.29. The van der Waals surface area contributed by atoms with Gasteiger partial charge in [-0.15, -0.1) is 0 Å². The van der Waals surface area contributed by atoms with Crippen LogP contribution in [0.1, 0.15) is 46.5 Å². The summed E-state index contributed by atoms with van der Waals surface area (Å²) in [6, 6.07) is 7.38. The van der Waals surface area contributed by atoms with E-state index in [0.717, 1.165) is 24.1 Å². The van der Waals surface area contributed by atoms with Gasteiger partial charge in [0.25, 0.3) is 5.91 Å². The van der Waals surface area contributed by atoms with E-state index in [2.05, 4.69) is 10.5 Å². The van der Waals surface area contributed by atoms with Crippen LogP contribution in [0.2, 0.25) is 5.02 Å². The lowest BCUT2D eigenvalue weighted by atomic mass is 10.1. The summed E-state index contributed by atoms with van der Waals surface area (Å²) < 4.78 is 10.4. The van der Waals surface area contributed by atoms with Crippen LogP contribution < -0.4 is 5.32 Å². The molecule has 1 aliphatic rings. The number of amides is 1. The van der Waals surface area contributed by atoms with Crippen LogP contribution in [0.4, 0.5) is 0 Å². The maximum Gasteiger partial charge on any atom is 0.256 e. The smallest absolute Gasteiger partial charge is 0.256 e. The zero-order valence-corrected chi connectivity index (χ0v) is 13.0. The highest BCUT2D eigenvalue weighted by Gasteiger charge is 2.31. The van der Waals surface area contributed by atoms with Gasteiger partial charge in [0.1, 0.15) is 11.8 Å². The Morgan fingerprint density at radius 2 is 2.18 bits per heavy atom. The Kier molecular flexibility index (Phi) is 4.45. The highest BCUT2D eigenvalue weighted by Crippen LogP contribution is 2.40. The Hall–Kier alpha value is -1.85. The second-order valence-electron chi connectivity index (χ2n) is 5.37. The molecular weight excluding hydrogens is 304 g/mol. The fourth-order valence-electron chi connectivity index (χ4n) is 2.36. The lowest BCUT2D eigenvalue weighted by molar-refractivity contribution is 0.0827. The van der Waals surface area contributed by atoms with Crippen LogP contribution in [0.3, 0.4) is 0 Å². The summed E-state index contributed by atoms with van der Waals surface area (Å²) in [5.41, 5.74) is 2.24. The standard InChI is InChI=1S/C16H17ClN2O3/c1-21-14(10-4-6-12(17)7-5-10)8-18-16(20)13-9-22-19-15(13)11-2-3-11/h4-7,9,11,14H,2-3,8H2,1H3,(H,18,20). The number of ether oxygens (including phenoxy) is 1. The van der Waals surface area contributed by atoms with Gasteiger partial charge < -0.3 is 14.6 Å². The van der Waals surface area contributed by atoms with E-state index >= 15 is 0 Å². The lowest BCUT2D eigenvalue weighted by Gasteiger charge is -2.16. The van der Waals surface area contributed by atoms with Crippen LogP contribution in [-0.2, 0) is 4.74 Å². The zero-order chi connectivity index (χ0) is 15.5. The minimum absolute atomic E-state index is 0.181. The van der Waals surface area contributed by atoms with Crippen molar-refractivity contribution in [3.8, 4) is 0 Å². The van der Waals surface area contributed by atoms with Gasteiger partial charge in [-0.05, 0) is 30.5 Å². The van der Waals surface area contributed by atoms with Gasteiger partial charge in [-0.2, -0.15) is 0 Å². The number of carbonyl (C=O) groups excluding carboxylic acids is 1. The van der Waals surface area contributed by atoms with Gasteiger partial charge in [0.05, 0.1) is 11.8 Å². The van der Waals surface area contributed by atoms with Gasteiger partial charge in [-0.1, -0.05) is 28.9 Å². The molecule has 1 aliphatic carbocycles. The molecule has 0 bridgehead atoms. The first-order valence-corrected chi connectivity index (χ1v) is 7.57. The minimum Gasteiger partial charge on any atom is -0.375 e. The third-order valence-electron chi connectivity index (χ3n) is 3.78. The molecule has 3 rings (SSSR count). The number of rotatable bonds is 6. The summed E-state index contributed by atoms with van der Waals surface area (Å²) >= 11 is 5.88. The van der Waals surface area contributed by atoms with E-state index in [1.165, 1.54) is 6.26 Å². The summed E-state index contributed by atoms with van der Waals surface area (Å²) in [5.74, 6) is 0.188. The summed E-state index contributed by atoms with van der Waals surface area (Å²) in [6.45, 7) is 0.367. The van der Waals surface area contributed by atoms with Crippen molar-refractivity contribution in [1.29, 1.82) is 0 Å². The molecule has 1 unspecified atom stereocenters. The van der Waals surface area contributed by atoms with E-state index in [1.54, 1.807) is 19.2 Å². The molecule has 0 aliphatic heterocycles. The van der Waals surface area contributed by atoms with E-state index in [-0.39, 0.29) is 12.0 Å². The van der Waals surface area contributed by atoms with Crippen molar-refractivity contribution >= 4 is 17.5 Å². The van der Waals surface area contributed by atoms with Gasteiger partial charge >= 0.3 is 0 Å². The number of carbonyl (C=O) groups is 1. The first-order chi connectivity index (χ1) is 10.7. The molecule has 1 saturated carbocycles. The van der Waals surface area contributed by atoms with Gasteiger partial charge in [0, 0.05) is 24.6 Å². The number of nitrogens with one attached hydrogen (secondary N) is 1. The van der Waals surface area contributed by atoms with Crippen LogP contribution in [0.15, 0.2) is 35.1 Å². The van der Waals surface area contributed by atoms with Crippen LogP contribution in [-0.4, -0.2) is 24.7 Å². The molecule has 0 saturated heterocycles. The molecule has 116 valence electrons. The second-order valence-corrected chi connectivity index (χ2v) is 5.81. The molecule has 1 atom stereocenters. The molecule has 1 aromatic carbocycles. The molecule has 1 heterocycles. The summed E-state index contributed by atoms with van der Waals surface area (Å²) in [7, 11) is 1.61. The molecule has 1 fully saturated rings.